The monoisotopic (exact) mass is 813 g/mol. The zero-order chi connectivity index (χ0) is 43.2. The molecule has 0 N–H and O–H groups in total. The van der Waals surface area contributed by atoms with Crippen molar-refractivity contribution in [2.45, 2.75) is 48.0 Å². The summed E-state index contributed by atoms with van der Waals surface area (Å²) in [5, 5.41) is 0. The first-order chi connectivity index (χ1) is 30.6. The number of hydrogen-bond donors (Lipinski definition) is 0. The van der Waals surface area contributed by atoms with Gasteiger partial charge < -0.3 is 9.64 Å². The summed E-state index contributed by atoms with van der Waals surface area (Å²) in [7, 11) is 0. The molecule has 0 saturated carbocycles. The highest BCUT2D eigenvalue weighted by Gasteiger charge is 2.27. The van der Waals surface area contributed by atoms with E-state index in [2.05, 4.69) is 234 Å². The number of ether oxygens (including phenoxy) is 1. The minimum Gasteiger partial charge on any atom is -0.453 e. The Bertz CT molecular complexity index is 2920. The van der Waals surface area contributed by atoms with Crippen molar-refractivity contribution in [3.8, 4) is 78.3 Å². The number of rotatable bonds is 8. The summed E-state index contributed by atoms with van der Waals surface area (Å²) in [6.07, 6.45) is 0.929. The van der Waals surface area contributed by atoms with E-state index >= 15 is 0 Å². The molecular weight excluding hydrogens is 763 g/mol. The number of fused-ring (bicyclic) bond motifs is 2. The van der Waals surface area contributed by atoms with Crippen LogP contribution >= 0.6 is 0 Å². The molecule has 0 aliphatic carbocycles. The van der Waals surface area contributed by atoms with Crippen LogP contribution in [0.25, 0.3) is 66.8 Å². The maximum absolute atomic E-state index is 6.74. The molecule has 0 fully saturated rings. The van der Waals surface area contributed by atoms with E-state index in [4.69, 9.17) is 4.74 Å². The fourth-order valence-corrected chi connectivity index (χ4v) is 9.09. The Labute approximate surface area is 372 Å². The van der Waals surface area contributed by atoms with Crippen molar-refractivity contribution in [3.63, 3.8) is 0 Å². The quantitative estimate of drug-likeness (QED) is 0.152. The third-order valence-corrected chi connectivity index (χ3v) is 12.4. The van der Waals surface area contributed by atoms with Crippen molar-refractivity contribution < 1.29 is 4.74 Å². The summed E-state index contributed by atoms with van der Waals surface area (Å²) in [6.45, 7) is 13.0. The van der Waals surface area contributed by atoms with Crippen LogP contribution in [0.15, 0.2) is 188 Å². The van der Waals surface area contributed by atoms with E-state index in [9.17, 15) is 0 Å². The molecule has 2 nitrogen and oxygen atoms in total. The third-order valence-electron chi connectivity index (χ3n) is 12.4. The van der Waals surface area contributed by atoms with Gasteiger partial charge in [-0.3, -0.25) is 0 Å². The van der Waals surface area contributed by atoms with E-state index in [1.54, 1.807) is 0 Å². The van der Waals surface area contributed by atoms with E-state index in [-0.39, 0.29) is 0 Å². The lowest BCUT2D eigenvalue weighted by atomic mass is 9.89. The minimum atomic E-state index is 0.856. The van der Waals surface area contributed by atoms with Crippen molar-refractivity contribution in [1.82, 2.24) is 0 Å². The number of hydrogen-bond acceptors (Lipinski definition) is 2. The predicted molar refractivity (Wildman–Crippen MR) is 267 cm³/mol. The number of aryl methyl sites for hydroxylation is 6. The molecule has 1 aliphatic heterocycles. The van der Waals surface area contributed by atoms with Gasteiger partial charge in [0, 0.05) is 5.69 Å². The van der Waals surface area contributed by atoms with Crippen LogP contribution in [0, 0.1) is 34.6 Å². The largest absolute Gasteiger partial charge is 0.453 e. The first-order valence-corrected chi connectivity index (χ1v) is 22.1. The fraction of sp³-hybridized carbons (Fsp3) is 0.115. The van der Waals surface area contributed by atoms with Crippen LogP contribution in [-0.2, 0) is 6.42 Å². The summed E-state index contributed by atoms with van der Waals surface area (Å²) >= 11 is 0. The molecule has 306 valence electrons. The molecule has 9 aromatic rings. The molecule has 10 rings (SSSR count). The second kappa shape index (κ2) is 16.5. The Hall–Kier alpha value is -7.42. The van der Waals surface area contributed by atoms with Gasteiger partial charge in [0.25, 0.3) is 0 Å². The van der Waals surface area contributed by atoms with Gasteiger partial charge in [-0.25, -0.2) is 0 Å². The van der Waals surface area contributed by atoms with E-state index < -0.39 is 0 Å². The van der Waals surface area contributed by atoms with Gasteiger partial charge in [-0.05, 0) is 198 Å². The number of benzene rings is 9. The van der Waals surface area contributed by atoms with Crippen LogP contribution in [0.1, 0.15) is 40.3 Å². The average molecular weight is 814 g/mol. The fourth-order valence-electron chi connectivity index (χ4n) is 9.09. The molecule has 0 saturated heterocycles. The zero-order valence-electron chi connectivity index (χ0n) is 37.0. The van der Waals surface area contributed by atoms with Gasteiger partial charge in [-0.15, -0.1) is 0 Å². The first-order valence-electron chi connectivity index (χ1n) is 22.1. The number of nitrogens with zero attached hydrogens (tertiary/aromatic N) is 1. The Kier molecular flexibility index (Phi) is 10.4. The molecule has 1 heterocycles. The van der Waals surface area contributed by atoms with Crippen molar-refractivity contribution in [2.24, 2.45) is 0 Å². The summed E-state index contributed by atoms with van der Waals surface area (Å²) < 4.78 is 6.74. The summed E-state index contributed by atoms with van der Waals surface area (Å²) in [6, 6.07) is 69.9. The molecule has 1 aliphatic rings. The zero-order valence-corrected chi connectivity index (χ0v) is 37.0. The smallest absolute Gasteiger partial charge is 0.151 e. The van der Waals surface area contributed by atoms with E-state index in [0.717, 1.165) is 62.8 Å². The second-order valence-electron chi connectivity index (χ2n) is 17.4. The van der Waals surface area contributed by atoms with Gasteiger partial charge in [0.1, 0.15) is 0 Å². The van der Waals surface area contributed by atoms with Gasteiger partial charge in [0.15, 0.2) is 11.5 Å². The Balaban J connectivity index is 1.26. The van der Waals surface area contributed by atoms with Crippen LogP contribution in [0.2, 0.25) is 0 Å². The lowest BCUT2D eigenvalue weighted by molar-refractivity contribution is 0.476. The molecule has 0 aromatic heterocycles. The van der Waals surface area contributed by atoms with Crippen LogP contribution in [-0.4, -0.2) is 0 Å². The van der Waals surface area contributed by atoms with Gasteiger partial charge in [-0.1, -0.05) is 138 Å². The Morgan fingerprint density at radius 1 is 0.317 bits per heavy atom. The van der Waals surface area contributed by atoms with E-state index in [1.807, 2.05) is 0 Å². The molecule has 0 radical (unpaired) electrons. The van der Waals surface area contributed by atoms with Gasteiger partial charge in [0.05, 0.1) is 11.4 Å². The predicted octanol–water partition coefficient (Wildman–Crippen LogP) is 17.4. The van der Waals surface area contributed by atoms with E-state index in [1.165, 1.54) is 72.3 Å². The molecule has 0 spiro atoms. The van der Waals surface area contributed by atoms with Gasteiger partial charge in [0.2, 0.25) is 0 Å². The Morgan fingerprint density at radius 3 is 1.03 bits per heavy atom. The first kappa shape index (κ1) is 39.7. The van der Waals surface area contributed by atoms with Crippen molar-refractivity contribution in [2.75, 3.05) is 4.90 Å². The standard InChI is InChI=1S/C61H51NO/c1-7-44-21-23-59-61(29-44)63-60-28-43(6)20-22-58(60)62(59)57-37-55(53-32-49(45-16-8-12-39(2)24-45)30-50(33-53)46-17-9-13-40(3)25-46)36-56(38-57)54-34-51(47-18-10-14-41(4)26-47)31-52(35-54)48-19-11-15-42(5)27-48/h8-38H,7H2,1-6H3. The van der Waals surface area contributed by atoms with Crippen molar-refractivity contribution in [3.05, 3.63) is 221 Å². The third kappa shape index (κ3) is 8.09. The SMILES string of the molecule is CCc1ccc2c(c1)Oc1cc(C)ccc1N2c1cc(-c2cc(-c3cccc(C)c3)cc(-c3cccc(C)c3)c2)cc(-c2cc(-c3cccc(C)c3)cc(-c3cccc(C)c3)c2)c1. The average Bonchev–Trinajstić information content (AvgIpc) is 3.30. The summed E-state index contributed by atoms with van der Waals surface area (Å²) in [5.74, 6) is 1.72. The molecule has 0 amide bonds. The minimum absolute atomic E-state index is 0.856. The normalized spacial score (nSPS) is 11.8. The van der Waals surface area contributed by atoms with Crippen LogP contribution in [0.5, 0.6) is 11.5 Å². The van der Waals surface area contributed by atoms with Crippen LogP contribution in [0.4, 0.5) is 17.1 Å². The van der Waals surface area contributed by atoms with Crippen molar-refractivity contribution >= 4 is 17.1 Å². The summed E-state index contributed by atoms with van der Waals surface area (Å²) in [5.41, 5.74) is 24.6. The second-order valence-corrected chi connectivity index (χ2v) is 17.4. The molecular formula is C61H51NO. The maximum atomic E-state index is 6.74. The lowest BCUT2D eigenvalue weighted by Crippen LogP contribution is -2.16. The number of anilines is 3. The highest BCUT2D eigenvalue weighted by Crippen LogP contribution is 2.52. The van der Waals surface area contributed by atoms with Crippen LogP contribution in [0.3, 0.4) is 0 Å². The van der Waals surface area contributed by atoms with Gasteiger partial charge in [-0.2, -0.15) is 0 Å². The topological polar surface area (TPSA) is 12.5 Å². The highest BCUT2D eigenvalue weighted by molar-refractivity contribution is 5.93. The maximum Gasteiger partial charge on any atom is 0.151 e. The molecule has 9 aromatic carbocycles. The molecule has 0 bridgehead atoms. The van der Waals surface area contributed by atoms with E-state index in [0.29, 0.717) is 0 Å². The lowest BCUT2D eigenvalue weighted by Gasteiger charge is -2.34. The van der Waals surface area contributed by atoms with Gasteiger partial charge >= 0.3 is 0 Å². The van der Waals surface area contributed by atoms with Crippen LogP contribution < -0.4 is 9.64 Å². The summed E-state index contributed by atoms with van der Waals surface area (Å²) in [4.78, 5) is 2.40. The molecule has 0 unspecified atom stereocenters. The van der Waals surface area contributed by atoms with Crippen molar-refractivity contribution in [1.29, 1.82) is 0 Å². The molecule has 2 heteroatoms. The highest BCUT2D eigenvalue weighted by atomic mass is 16.5. The molecule has 63 heavy (non-hydrogen) atoms. The molecule has 0 atom stereocenters. The Morgan fingerprint density at radius 2 is 0.651 bits per heavy atom.